The molecule has 0 fully saturated rings. The van der Waals surface area contributed by atoms with E-state index in [-0.39, 0.29) is 0 Å². The molecule has 0 saturated heterocycles. The van der Waals surface area contributed by atoms with Gasteiger partial charge in [0, 0.05) is 16.1 Å². The van der Waals surface area contributed by atoms with Gasteiger partial charge in [0.1, 0.15) is 5.82 Å². The minimum Gasteiger partial charge on any atom is -0.397 e. The van der Waals surface area contributed by atoms with E-state index in [9.17, 15) is 0 Å². The first kappa shape index (κ1) is 14.1. The van der Waals surface area contributed by atoms with Gasteiger partial charge in [0.05, 0.1) is 16.7 Å². The van der Waals surface area contributed by atoms with Crippen LogP contribution in [-0.4, -0.2) is 9.55 Å². The van der Waals surface area contributed by atoms with Crippen LogP contribution in [0.3, 0.4) is 0 Å². The molecule has 0 unspecified atom stereocenters. The van der Waals surface area contributed by atoms with Gasteiger partial charge < -0.3 is 10.3 Å². The van der Waals surface area contributed by atoms with Gasteiger partial charge in [-0.1, -0.05) is 12.1 Å². The number of hydrogen-bond acceptors (Lipinski definition) is 2. The molecule has 1 heterocycles. The van der Waals surface area contributed by atoms with Crippen molar-refractivity contribution in [1.29, 1.82) is 0 Å². The second-order valence-corrected chi connectivity index (χ2v) is 6.45. The van der Waals surface area contributed by atoms with Crippen molar-refractivity contribution in [2.75, 3.05) is 5.73 Å². The Morgan fingerprint density at radius 1 is 1.19 bits per heavy atom. The first-order chi connectivity index (χ1) is 9.99. The van der Waals surface area contributed by atoms with Crippen molar-refractivity contribution >= 4 is 32.7 Å². The number of nitrogens with two attached hydrogens (primary N) is 1. The zero-order valence-corrected chi connectivity index (χ0v) is 14.0. The summed E-state index contributed by atoms with van der Waals surface area (Å²) in [5.41, 5.74) is 11.3. The maximum absolute atomic E-state index is 6.24. The molecule has 1 aromatic heterocycles. The average Bonchev–Trinajstić information content (AvgIpc) is 2.80. The standard InChI is InChI=1S/C17H18BrN3/c1-10(2)21-15-8-7-11(3)9-14(15)20-17(21)12-5-4-6-13(18)16(12)19/h4-10H,19H2,1-3H3. The molecule has 0 spiro atoms. The second-order valence-electron chi connectivity index (χ2n) is 5.59. The second kappa shape index (κ2) is 5.19. The zero-order chi connectivity index (χ0) is 15.1. The first-order valence-electron chi connectivity index (χ1n) is 7.02. The van der Waals surface area contributed by atoms with Crippen molar-refractivity contribution in [2.45, 2.75) is 26.8 Å². The molecule has 3 rings (SSSR count). The minimum absolute atomic E-state index is 0.311. The van der Waals surface area contributed by atoms with E-state index in [2.05, 4.69) is 59.5 Å². The Balaban J connectivity index is 2.36. The number of aryl methyl sites for hydroxylation is 1. The molecule has 3 aromatic rings. The topological polar surface area (TPSA) is 43.8 Å². The fourth-order valence-corrected chi connectivity index (χ4v) is 3.02. The molecule has 0 atom stereocenters. The highest BCUT2D eigenvalue weighted by atomic mass is 79.9. The third kappa shape index (κ3) is 2.33. The number of hydrogen-bond donors (Lipinski definition) is 1. The normalized spacial score (nSPS) is 11.5. The summed E-state index contributed by atoms with van der Waals surface area (Å²) in [5, 5.41) is 0. The number of para-hydroxylation sites is 1. The van der Waals surface area contributed by atoms with Crippen molar-refractivity contribution in [1.82, 2.24) is 9.55 Å². The minimum atomic E-state index is 0.311. The van der Waals surface area contributed by atoms with Gasteiger partial charge in [0.25, 0.3) is 0 Å². The van der Waals surface area contributed by atoms with Crippen LogP contribution in [0.5, 0.6) is 0 Å². The highest BCUT2D eigenvalue weighted by Crippen LogP contribution is 2.35. The van der Waals surface area contributed by atoms with Gasteiger partial charge in [0.2, 0.25) is 0 Å². The number of rotatable bonds is 2. The lowest BCUT2D eigenvalue weighted by atomic mass is 10.1. The summed E-state index contributed by atoms with van der Waals surface area (Å²) in [6.07, 6.45) is 0. The molecule has 4 heteroatoms. The number of fused-ring (bicyclic) bond motifs is 1. The molecule has 0 saturated carbocycles. The van der Waals surface area contributed by atoms with Crippen LogP contribution < -0.4 is 5.73 Å². The Morgan fingerprint density at radius 2 is 1.95 bits per heavy atom. The third-order valence-electron chi connectivity index (χ3n) is 3.66. The summed E-state index contributed by atoms with van der Waals surface area (Å²) in [7, 11) is 0. The van der Waals surface area contributed by atoms with Gasteiger partial charge in [-0.15, -0.1) is 0 Å². The summed E-state index contributed by atoms with van der Waals surface area (Å²) in [5.74, 6) is 0.921. The molecule has 0 aliphatic rings. The van der Waals surface area contributed by atoms with E-state index in [0.717, 1.165) is 32.6 Å². The maximum Gasteiger partial charge on any atom is 0.143 e. The Morgan fingerprint density at radius 3 is 2.67 bits per heavy atom. The quantitative estimate of drug-likeness (QED) is 0.670. The van der Waals surface area contributed by atoms with Crippen molar-refractivity contribution < 1.29 is 0 Å². The summed E-state index contributed by atoms with van der Waals surface area (Å²) >= 11 is 3.50. The fraction of sp³-hybridized carbons (Fsp3) is 0.235. The molecule has 0 bridgehead atoms. The number of nitrogen functional groups attached to an aromatic ring is 1. The lowest BCUT2D eigenvalue weighted by molar-refractivity contribution is 0.624. The van der Waals surface area contributed by atoms with Crippen LogP contribution in [0.1, 0.15) is 25.5 Å². The lowest BCUT2D eigenvalue weighted by Gasteiger charge is -2.14. The van der Waals surface area contributed by atoms with Gasteiger partial charge >= 0.3 is 0 Å². The van der Waals surface area contributed by atoms with Crippen molar-refractivity contribution in [3.8, 4) is 11.4 Å². The van der Waals surface area contributed by atoms with Crippen LogP contribution in [-0.2, 0) is 0 Å². The molecule has 0 aliphatic carbocycles. The average molecular weight is 344 g/mol. The van der Waals surface area contributed by atoms with Gasteiger partial charge in [0.15, 0.2) is 0 Å². The molecule has 3 nitrogen and oxygen atoms in total. The zero-order valence-electron chi connectivity index (χ0n) is 12.4. The number of benzene rings is 2. The molecule has 2 aromatic carbocycles. The largest absolute Gasteiger partial charge is 0.397 e. The summed E-state index contributed by atoms with van der Waals surface area (Å²) in [6.45, 7) is 6.41. The van der Waals surface area contributed by atoms with Crippen LogP contribution in [0, 0.1) is 6.92 Å². The summed E-state index contributed by atoms with van der Waals surface area (Å²) < 4.78 is 3.14. The van der Waals surface area contributed by atoms with Crippen molar-refractivity contribution in [3.05, 3.63) is 46.4 Å². The molecule has 2 N–H and O–H groups in total. The first-order valence-corrected chi connectivity index (χ1v) is 7.81. The fourth-order valence-electron chi connectivity index (χ4n) is 2.65. The van der Waals surface area contributed by atoms with Gasteiger partial charge in [-0.3, -0.25) is 0 Å². The Kier molecular flexibility index (Phi) is 3.49. The number of imidazole rings is 1. The summed E-state index contributed by atoms with van der Waals surface area (Å²) in [4.78, 5) is 4.83. The van der Waals surface area contributed by atoms with E-state index in [1.54, 1.807) is 0 Å². The van der Waals surface area contributed by atoms with Crippen LogP contribution in [0.15, 0.2) is 40.9 Å². The molecule has 0 radical (unpaired) electrons. The predicted molar refractivity (Wildman–Crippen MR) is 92.4 cm³/mol. The monoisotopic (exact) mass is 343 g/mol. The number of halogens is 1. The highest BCUT2D eigenvalue weighted by molar-refractivity contribution is 9.10. The number of aromatic nitrogens is 2. The highest BCUT2D eigenvalue weighted by Gasteiger charge is 2.17. The van der Waals surface area contributed by atoms with Crippen molar-refractivity contribution in [2.24, 2.45) is 0 Å². The van der Waals surface area contributed by atoms with E-state index in [1.165, 1.54) is 5.56 Å². The maximum atomic E-state index is 6.24. The molecular formula is C17H18BrN3. The SMILES string of the molecule is Cc1ccc2c(c1)nc(-c1cccc(Br)c1N)n2C(C)C. The predicted octanol–water partition coefficient (Wildman–Crippen LogP) is 4.94. The van der Waals surface area contributed by atoms with Crippen molar-refractivity contribution in [3.63, 3.8) is 0 Å². The van der Waals surface area contributed by atoms with E-state index >= 15 is 0 Å². The van der Waals surface area contributed by atoms with Crippen LogP contribution >= 0.6 is 15.9 Å². The smallest absolute Gasteiger partial charge is 0.143 e. The van der Waals surface area contributed by atoms with E-state index in [1.807, 2.05) is 18.2 Å². The van der Waals surface area contributed by atoms with E-state index in [4.69, 9.17) is 10.7 Å². The van der Waals surface area contributed by atoms with Gasteiger partial charge in [-0.25, -0.2) is 4.98 Å². The number of anilines is 1. The van der Waals surface area contributed by atoms with Crippen LogP contribution in [0.2, 0.25) is 0 Å². The Bertz CT molecular complexity index is 818. The molecule has 0 amide bonds. The summed E-state index contributed by atoms with van der Waals surface area (Å²) in [6, 6.07) is 12.6. The molecule has 21 heavy (non-hydrogen) atoms. The van der Waals surface area contributed by atoms with Gasteiger partial charge in [-0.2, -0.15) is 0 Å². The number of nitrogens with zero attached hydrogens (tertiary/aromatic N) is 2. The van der Waals surface area contributed by atoms with E-state index in [0.29, 0.717) is 6.04 Å². The Hall–Kier alpha value is -1.81. The molecule has 0 aliphatic heterocycles. The van der Waals surface area contributed by atoms with Gasteiger partial charge in [-0.05, 0) is 66.5 Å². The molecule has 108 valence electrons. The Labute approximate surface area is 132 Å². The van der Waals surface area contributed by atoms with Crippen LogP contribution in [0.25, 0.3) is 22.4 Å². The van der Waals surface area contributed by atoms with E-state index < -0.39 is 0 Å². The third-order valence-corrected chi connectivity index (χ3v) is 4.35. The van der Waals surface area contributed by atoms with Crippen LogP contribution in [0.4, 0.5) is 5.69 Å². The molecular weight excluding hydrogens is 326 g/mol. The lowest BCUT2D eigenvalue weighted by Crippen LogP contribution is -2.04.